The van der Waals surface area contributed by atoms with Gasteiger partial charge in [0.1, 0.15) is 11.9 Å². The van der Waals surface area contributed by atoms with Crippen molar-refractivity contribution in [2.45, 2.75) is 26.0 Å². The number of carbonyl (C=O) groups is 1. The van der Waals surface area contributed by atoms with E-state index >= 15 is 0 Å². The van der Waals surface area contributed by atoms with Crippen molar-refractivity contribution < 1.29 is 9.53 Å². The van der Waals surface area contributed by atoms with Gasteiger partial charge in [-0.05, 0) is 32.0 Å². The molecule has 0 radical (unpaired) electrons. The Hall–Kier alpha value is -1.26. The monoisotopic (exact) mass is 282 g/mol. The number of carbonyl (C=O) groups excluding carboxylic acids is 1. The number of amides is 1. The lowest BCUT2D eigenvalue weighted by atomic mass is 10.1. The summed E-state index contributed by atoms with van der Waals surface area (Å²) >= 11 is 5.90. The van der Waals surface area contributed by atoms with Crippen LogP contribution in [0.15, 0.2) is 24.3 Å². The molecule has 1 N–H and O–H groups in total. The van der Waals surface area contributed by atoms with Crippen LogP contribution in [-0.2, 0) is 4.79 Å². The van der Waals surface area contributed by atoms with Crippen molar-refractivity contribution in [3.8, 4) is 5.75 Å². The predicted octanol–water partition coefficient (Wildman–Crippen LogP) is 1.93. The number of ether oxygens (including phenoxy) is 1. The average molecular weight is 283 g/mol. The van der Waals surface area contributed by atoms with Gasteiger partial charge in [-0.2, -0.15) is 0 Å². The van der Waals surface area contributed by atoms with Crippen LogP contribution in [0.2, 0.25) is 5.02 Å². The molecule has 0 aliphatic carbocycles. The molecule has 2 rings (SSSR count). The summed E-state index contributed by atoms with van der Waals surface area (Å²) in [5.41, 5.74) is 0. The van der Waals surface area contributed by atoms with Crippen molar-refractivity contribution in [2.75, 3.05) is 19.6 Å². The van der Waals surface area contributed by atoms with Crippen molar-refractivity contribution in [3.63, 3.8) is 0 Å². The number of hydrogen-bond donors (Lipinski definition) is 1. The average Bonchev–Trinajstić information content (AvgIpc) is 2.33. The molecule has 1 amide bonds. The van der Waals surface area contributed by atoms with Gasteiger partial charge in [0.05, 0.1) is 6.04 Å². The van der Waals surface area contributed by atoms with Crippen LogP contribution >= 0.6 is 11.6 Å². The molecular formula is C14H19ClN2O2. The van der Waals surface area contributed by atoms with E-state index in [4.69, 9.17) is 16.3 Å². The second-order valence-corrected chi connectivity index (χ2v) is 5.16. The summed E-state index contributed by atoms with van der Waals surface area (Å²) in [6.45, 7) is 6.04. The van der Waals surface area contributed by atoms with Crippen molar-refractivity contribution in [1.29, 1.82) is 0 Å². The Bertz CT molecular complexity index is 447. The fourth-order valence-corrected chi connectivity index (χ4v) is 2.26. The number of likely N-dealkylation sites (N-methyl/N-ethyl adjacent to an activating group) is 1. The van der Waals surface area contributed by atoms with Gasteiger partial charge in [-0.1, -0.05) is 17.7 Å². The highest BCUT2D eigenvalue weighted by molar-refractivity contribution is 6.30. The van der Waals surface area contributed by atoms with Crippen LogP contribution in [-0.4, -0.2) is 42.6 Å². The molecular weight excluding hydrogens is 264 g/mol. The van der Waals surface area contributed by atoms with Gasteiger partial charge in [0.25, 0.3) is 0 Å². The number of nitrogens with zero attached hydrogens (tertiary/aromatic N) is 1. The van der Waals surface area contributed by atoms with Crippen LogP contribution in [0.1, 0.15) is 13.8 Å². The van der Waals surface area contributed by atoms with E-state index < -0.39 is 0 Å². The summed E-state index contributed by atoms with van der Waals surface area (Å²) in [6, 6.07) is 7.28. The van der Waals surface area contributed by atoms with Gasteiger partial charge >= 0.3 is 0 Å². The SMILES string of the molecule is CCNC(=O)[C@H](C)N1CC(Oc2cccc(Cl)c2)C1. The molecule has 1 atom stereocenters. The molecule has 4 nitrogen and oxygen atoms in total. The molecule has 1 aliphatic heterocycles. The minimum absolute atomic E-state index is 0.0729. The van der Waals surface area contributed by atoms with Gasteiger partial charge in [0.2, 0.25) is 5.91 Å². The Balaban J connectivity index is 1.78. The molecule has 5 heteroatoms. The van der Waals surface area contributed by atoms with Crippen LogP contribution in [0.4, 0.5) is 0 Å². The van der Waals surface area contributed by atoms with Crippen LogP contribution in [0.3, 0.4) is 0 Å². The topological polar surface area (TPSA) is 41.6 Å². The summed E-state index contributed by atoms with van der Waals surface area (Å²) in [7, 11) is 0. The highest BCUT2D eigenvalue weighted by Gasteiger charge is 2.34. The number of benzene rings is 1. The molecule has 1 aliphatic rings. The van der Waals surface area contributed by atoms with Crippen LogP contribution in [0.25, 0.3) is 0 Å². The Kier molecular flexibility index (Phi) is 4.66. The largest absolute Gasteiger partial charge is 0.488 e. The lowest BCUT2D eigenvalue weighted by molar-refractivity contribution is -0.129. The first-order valence-electron chi connectivity index (χ1n) is 6.54. The summed E-state index contributed by atoms with van der Waals surface area (Å²) < 4.78 is 5.79. The Morgan fingerprint density at radius 2 is 2.32 bits per heavy atom. The minimum atomic E-state index is -0.0980. The van der Waals surface area contributed by atoms with Crippen LogP contribution in [0, 0.1) is 0 Å². The highest BCUT2D eigenvalue weighted by Crippen LogP contribution is 2.22. The lowest BCUT2D eigenvalue weighted by Gasteiger charge is -2.42. The van der Waals surface area contributed by atoms with E-state index in [0.717, 1.165) is 18.8 Å². The minimum Gasteiger partial charge on any atom is -0.488 e. The molecule has 1 saturated heterocycles. The van der Waals surface area contributed by atoms with Gasteiger partial charge in [0.15, 0.2) is 0 Å². The van der Waals surface area contributed by atoms with Crippen LogP contribution in [0.5, 0.6) is 5.75 Å². The molecule has 1 fully saturated rings. The first-order valence-corrected chi connectivity index (χ1v) is 6.92. The van der Waals surface area contributed by atoms with Crippen molar-refractivity contribution in [1.82, 2.24) is 10.2 Å². The standard InChI is InChI=1S/C14H19ClN2O2/c1-3-16-14(18)10(2)17-8-13(9-17)19-12-6-4-5-11(15)7-12/h4-7,10,13H,3,8-9H2,1-2H3,(H,16,18)/t10-/m0/s1. The molecule has 0 spiro atoms. The van der Waals surface area contributed by atoms with Gasteiger partial charge in [-0.3, -0.25) is 9.69 Å². The number of halogens is 1. The number of rotatable bonds is 5. The van der Waals surface area contributed by atoms with E-state index in [0.29, 0.717) is 11.6 Å². The fourth-order valence-electron chi connectivity index (χ4n) is 2.08. The van der Waals surface area contributed by atoms with E-state index in [1.54, 1.807) is 6.07 Å². The fraction of sp³-hybridized carbons (Fsp3) is 0.500. The lowest BCUT2D eigenvalue weighted by Crippen LogP contribution is -2.60. The molecule has 0 unspecified atom stereocenters. The zero-order valence-electron chi connectivity index (χ0n) is 11.2. The van der Waals surface area contributed by atoms with Gasteiger partial charge in [0, 0.05) is 24.7 Å². The first kappa shape index (κ1) is 14.2. The maximum Gasteiger partial charge on any atom is 0.237 e. The third-order valence-electron chi connectivity index (χ3n) is 3.25. The zero-order chi connectivity index (χ0) is 13.8. The molecule has 104 valence electrons. The molecule has 1 aromatic carbocycles. The maximum atomic E-state index is 11.7. The third kappa shape index (κ3) is 3.61. The Morgan fingerprint density at radius 1 is 1.58 bits per heavy atom. The Morgan fingerprint density at radius 3 is 2.95 bits per heavy atom. The molecule has 0 saturated carbocycles. The molecule has 0 bridgehead atoms. The summed E-state index contributed by atoms with van der Waals surface area (Å²) in [4.78, 5) is 13.8. The summed E-state index contributed by atoms with van der Waals surface area (Å²) in [6.07, 6.45) is 0.135. The normalized spacial score (nSPS) is 17.6. The molecule has 1 heterocycles. The second-order valence-electron chi connectivity index (χ2n) is 4.72. The maximum absolute atomic E-state index is 11.7. The first-order chi connectivity index (χ1) is 9.10. The highest BCUT2D eigenvalue weighted by atomic mass is 35.5. The van der Waals surface area contributed by atoms with Gasteiger partial charge in [-0.15, -0.1) is 0 Å². The van der Waals surface area contributed by atoms with E-state index in [1.165, 1.54) is 0 Å². The van der Waals surface area contributed by atoms with Crippen molar-refractivity contribution in [3.05, 3.63) is 29.3 Å². The van der Waals surface area contributed by atoms with Crippen LogP contribution < -0.4 is 10.1 Å². The second kappa shape index (κ2) is 6.26. The predicted molar refractivity (Wildman–Crippen MR) is 75.6 cm³/mol. The van der Waals surface area contributed by atoms with Crippen molar-refractivity contribution in [2.24, 2.45) is 0 Å². The zero-order valence-corrected chi connectivity index (χ0v) is 12.0. The number of nitrogens with one attached hydrogen (secondary N) is 1. The summed E-state index contributed by atoms with van der Waals surface area (Å²) in [5, 5.41) is 3.50. The van der Waals surface area contributed by atoms with Gasteiger partial charge in [-0.25, -0.2) is 0 Å². The van der Waals surface area contributed by atoms with E-state index in [2.05, 4.69) is 10.2 Å². The third-order valence-corrected chi connectivity index (χ3v) is 3.49. The molecule has 0 aromatic heterocycles. The number of hydrogen-bond acceptors (Lipinski definition) is 3. The molecule has 1 aromatic rings. The quantitative estimate of drug-likeness (QED) is 0.897. The molecule has 19 heavy (non-hydrogen) atoms. The number of likely N-dealkylation sites (tertiary alicyclic amines) is 1. The smallest absolute Gasteiger partial charge is 0.237 e. The van der Waals surface area contributed by atoms with E-state index in [1.807, 2.05) is 32.0 Å². The van der Waals surface area contributed by atoms with E-state index in [-0.39, 0.29) is 18.1 Å². The Labute approximate surface area is 118 Å². The van der Waals surface area contributed by atoms with Crippen molar-refractivity contribution >= 4 is 17.5 Å². The summed E-state index contributed by atoms with van der Waals surface area (Å²) in [5.74, 6) is 0.853. The van der Waals surface area contributed by atoms with Gasteiger partial charge < -0.3 is 10.1 Å². The van der Waals surface area contributed by atoms with E-state index in [9.17, 15) is 4.79 Å².